The number of rotatable bonds is 3. The summed E-state index contributed by atoms with van der Waals surface area (Å²) in [6, 6.07) is 6.36. The summed E-state index contributed by atoms with van der Waals surface area (Å²) < 4.78 is 0.721. The van der Waals surface area contributed by atoms with Crippen LogP contribution in [0.15, 0.2) is 34.1 Å². The first-order chi connectivity index (χ1) is 8.99. The maximum atomic E-state index is 12.0. The largest absolute Gasteiger partial charge is 0.366 e. The van der Waals surface area contributed by atoms with Gasteiger partial charge in [-0.05, 0) is 45.6 Å². The smallest absolute Gasteiger partial charge is 0.266 e. The summed E-state index contributed by atoms with van der Waals surface area (Å²) >= 11 is 10.4. The van der Waals surface area contributed by atoms with Crippen molar-refractivity contribution in [1.82, 2.24) is 0 Å². The lowest BCUT2D eigenvalue weighted by atomic mass is 10.2. The lowest BCUT2D eigenvalue weighted by Crippen LogP contribution is -2.14. The molecule has 2 aromatic rings. The van der Waals surface area contributed by atoms with Gasteiger partial charge in [0.05, 0.1) is 10.6 Å². The summed E-state index contributed by atoms with van der Waals surface area (Å²) in [4.78, 5) is 23.7. The van der Waals surface area contributed by atoms with Crippen LogP contribution in [0.2, 0.25) is 5.02 Å². The van der Waals surface area contributed by atoms with Crippen molar-refractivity contribution in [3.05, 3.63) is 49.6 Å². The standard InChI is InChI=1S/C12H8BrClN2O2S/c13-8-3-4-19-10(8)12(18)16-6-1-2-9(14)7(5-6)11(15)17/h1-5H,(H2,15,17)(H,16,18). The second-order valence-electron chi connectivity index (χ2n) is 3.61. The number of carbonyl (C=O) groups excluding carboxylic acids is 2. The zero-order chi connectivity index (χ0) is 14.0. The third-order valence-corrected chi connectivity index (χ3v) is 4.48. The molecule has 0 atom stereocenters. The molecule has 0 spiro atoms. The molecule has 0 aliphatic carbocycles. The fraction of sp³-hybridized carbons (Fsp3) is 0. The zero-order valence-electron chi connectivity index (χ0n) is 9.44. The first kappa shape index (κ1) is 14.0. The van der Waals surface area contributed by atoms with E-state index in [1.807, 2.05) is 0 Å². The van der Waals surface area contributed by atoms with Gasteiger partial charge in [-0.3, -0.25) is 9.59 Å². The van der Waals surface area contributed by atoms with Crippen LogP contribution in [0.4, 0.5) is 5.69 Å². The van der Waals surface area contributed by atoms with Crippen molar-refractivity contribution in [1.29, 1.82) is 0 Å². The Bertz CT molecular complexity index is 657. The third-order valence-electron chi connectivity index (χ3n) is 2.31. The van der Waals surface area contributed by atoms with E-state index in [1.54, 1.807) is 17.5 Å². The van der Waals surface area contributed by atoms with Crippen LogP contribution < -0.4 is 11.1 Å². The average Bonchev–Trinajstić information content (AvgIpc) is 2.77. The van der Waals surface area contributed by atoms with Crippen molar-refractivity contribution >= 4 is 56.4 Å². The van der Waals surface area contributed by atoms with Crippen molar-refractivity contribution in [3.63, 3.8) is 0 Å². The van der Waals surface area contributed by atoms with Crippen molar-refractivity contribution < 1.29 is 9.59 Å². The van der Waals surface area contributed by atoms with Crippen LogP contribution >= 0.6 is 38.9 Å². The predicted molar refractivity (Wildman–Crippen MR) is 79.9 cm³/mol. The Morgan fingerprint density at radius 2 is 2.05 bits per heavy atom. The second kappa shape index (κ2) is 5.73. The summed E-state index contributed by atoms with van der Waals surface area (Å²) in [6.07, 6.45) is 0. The van der Waals surface area contributed by atoms with Gasteiger partial charge in [0.1, 0.15) is 4.88 Å². The maximum absolute atomic E-state index is 12.0. The van der Waals surface area contributed by atoms with Crippen LogP contribution in [0.1, 0.15) is 20.0 Å². The SMILES string of the molecule is NC(=O)c1cc(NC(=O)c2sccc2Br)ccc1Cl. The van der Waals surface area contributed by atoms with E-state index in [0.29, 0.717) is 10.6 Å². The highest BCUT2D eigenvalue weighted by Gasteiger charge is 2.13. The molecule has 1 heterocycles. The molecule has 4 nitrogen and oxygen atoms in total. The summed E-state index contributed by atoms with van der Waals surface area (Å²) in [6.45, 7) is 0. The van der Waals surface area contributed by atoms with E-state index in [9.17, 15) is 9.59 Å². The number of benzene rings is 1. The average molecular weight is 360 g/mol. The zero-order valence-corrected chi connectivity index (χ0v) is 12.6. The van der Waals surface area contributed by atoms with Gasteiger partial charge < -0.3 is 11.1 Å². The normalized spacial score (nSPS) is 10.2. The summed E-state index contributed by atoms with van der Waals surface area (Å²) in [5.41, 5.74) is 5.82. The van der Waals surface area contributed by atoms with Crippen LogP contribution in [-0.2, 0) is 0 Å². The number of thiophene rings is 1. The van der Waals surface area contributed by atoms with E-state index in [-0.39, 0.29) is 16.5 Å². The predicted octanol–water partition coefficient (Wildman–Crippen LogP) is 3.52. The number of primary amides is 1. The molecule has 19 heavy (non-hydrogen) atoms. The van der Waals surface area contributed by atoms with Gasteiger partial charge >= 0.3 is 0 Å². The lowest BCUT2D eigenvalue weighted by Gasteiger charge is -2.06. The number of hydrogen-bond acceptors (Lipinski definition) is 3. The number of anilines is 1. The summed E-state index contributed by atoms with van der Waals surface area (Å²) in [5, 5.41) is 4.74. The van der Waals surface area contributed by atoms with Crippen molar-refractivity contribution in [2.75, 3.05) is 5.32 Å². The molecule has 0 unspecified atom stereocenters. The van der Waals surface area contributed by atoms with Gasteiger partial charge in [-0.2, -0.15) is 0 Å². The number of amides is 2. The molecule has 0 aliphatic heterocycles. The van der Waals surface area contributed by atoms with Crippen molar-refractivity contribution in [2.24, 2.45) is 5.73 Å². The lowest BCUT2D eigenvalue weighted by molar-refractivity contribution is 0.0996. The molecular formula is C12H8BrClN2O2S. The fourth-order valence-corrected chi connectivity index (χ4v) is 3.09. The van der Waals surface area contributed by atoms with Crippen LogP contribution in [0.3, 0.4) is 0 Å². The first-order valence-electron chi connectivity index (χ1n) is 5.12. The van der Waals surface area contributed by atoms with Crippen molar-refractivity contribution in [3.8, 4) is 0 Å². The van der Waals surface area contributed by atoms with Gasteiger partial charge in [0.15, 0.2) is 0 Å². The minimum absolute atomic E-state index is 0.171. The van der Waals surface area contributed by atoms with E-state index in [0.717, 1.165) is 4.47 Å². The molecule has 98 valence electrons. The van der Waals surface area contributed by atoms with E-state index >= 15 is 0 Å². The van der Waals surface area contributed by atoms with Crippen molar-refractivity contribution in [2.45, 2.75) is 0 Å². The number of nitrogens with two attached hydrogens (primary N) is 1. The minimum Gasteiger partial charge on any atom is -0.366 e. The molecule has 0 fully saturated rings. The summed E-state index contributed by atoms with van der Waals surface area (Å²) in [5.74, 6) is -0.905. The fourth-order valence-electron chi connectivity index (χ4n) is 1.44. The molecule has 0 radical (unpaired) electrons. The molecular weight excluding hydrogens is 352 g/mol. The van der Waals surface area contributed by atoms with Crippen LogP contribution in [-0.4, -0.2) is 11.8 Å². The first-order valence-corrected chi connectivity index (χ1v) is 7.18. The maximum Gasteiger partial charge on any atom is 0.266 e. The van der Waals surface area contributed by atoms with Crippen LogP contribution in [0.5, 0.6) is 0 Å². The number of carbonyl (C=O) groups is 2. The van der Waals surface area contributed by atoms with E-state index in [4.69, 9.17) is 17.3 Å². The molecule has 2 amide bonds. The minimum atomic E-state index is -0.640. The third kappa shape index (κ3) is 3.15. The number of hydrogen-bond donors (Lipinski definition) is 2. The van der Waals surface area contributed by atoms with E-state index in [2.05, 4.69) is 21.2 Å². The molecule has 0 saturated carbocycles. The molecule has 0 aliphatic rings. The Morgan fingerprint density at radius 1 is 1.32 bits per heavy atom. The highest BCUT2D eigenvalue weighted by Crippen LogP contribution is 2.25. The Labute approximate surface area is 126 Å². The van der Waals surface area contributed by atoms with Gasteiger partial charge in [-0.15, -0.1) is 11.3 Å². The van der Waals surface area contributed by atoms with E-state index in [1.165, 1.54) is 23.5 Å². The molecule has 1 aromatic carbocycles. The van der Waals surface area contributed by atoms with E-state index < -0.39 is 5.91 Å². The molecule has 1 aromatic heterocycles. The second-order valence-corrected chi connectivity index (χ2v) is 5.79. The van der Waals surface area contributed by atoms with Crippen LogP contribution in [0.25, 0.3) is 0 Å². The molecule has 7 heteroatoms. The monoisotopic (exact) mass is 358 g/mol. The topological polar surface area (TPSA) is 72.2 Å². The van der Waals surface area contributed by atoms with Gasteiger partial charge in [0, 0.05) is 10.2 Å². The van der Waals surface area contributed by atoms with Crippen LogP contribution in [0, 0.1) is 0 Å². The summed E-state index contributed by atoms with van der Waals surface area (Å²) in [7, 11) is 0. The molecule has 0 bridgehead atoms. The quantitative estimate of drug-likeness (QED) is 0.880. The molecule has 3 N–H and O–H groups in total. The highest BCUT2D eigenvalue weighted by molar-refractivity contribution is 9.10. The van der Waals surface area contributed by atoms with Gasteiger partial charge in [-0.25, -0.2) is 0 Å². The van der Waals surface area contributed by atoms with Gasteiger partial charge in [0.2, 0.25) is 5.91 Å². The van der Waals surface area contributed by atoms with Gasteiger partial charge in [-0.1, -0.05) is 11.6 Å². The number of nitrogens with one attached hydrogen (secondary N) is 1. The Morgan fingerprint density at radius 3 is 2.63 bits per heavy atom. The highest BCUT2D eigenvalue weighted by atomic mass is 79.9. The Balaban J connectivity index is 2.25. The number of halogens is 2. The molecule has 2 rings (SSSR count). The Hall–Kier alpha value is -1.37. The Kier molecular flexibility index (Phi) is 4.24. The molecule has 0 saturated heterocycles. The van der Waals surface area contributed by atoms with Gasteiger partial charge in [0.25, 0.3) is 5.91 Å².